The normalized spacial score (nSPS) is 24.5. The van der Waals surface area contributed by atoms with Gasteiger partial charge in [-0.15, -0.1) is 0 Å². The second-order valence-electron chi connectivity index (χ2n) is 5.63. The van der Waals surface area contributed by atoms with Gasteiger partial charge in [-0.05, 0) is 43.9 Å². The molecule has 2 rings (SSSR count). The van der Waals surface area contributed by atoms with Gasteiger partial charge in [0.05, 0.1) is 0 Å². The van der Waals surface area contributed by atoms with Crippen molar-refractivity contribution in [2.24, 2.45) is 5.73 Å². The number of halogens is 2. The van der Waals surface area contributed by atoms with Crippen LogP contribution in [0.4, 0.5) is 8.78 Å². The lowest BCUT2D eigenvalue weighted by Crippen LogP contribution is -2.41. The summed E-state index contributed by atoms with van der Waals surface area (Å²) >= 11 is 0. The van der Waals surface area contributed by atoms with E-state index in [2.05, 4.69) is 23.5 Å². The Morgan fingerprint density at radius 2 is 1.95 bits per heavy atom. The minimum atomic E-state index is -2.79. The summed E-state index contributed by atoms with van der Waals surface area (Å²) in [5, 5.41) is 0. The summed E-state index contributed by atoms with van der Waals surface area (Å²) in [5.41, 5.74) is 7.05. The molecular weight excluding hydrogens is 274 g/mol. The highest BCUT2D eigenvalue weighted by Crippen LogP contribution is 2.35. The van der Waals surface area contributed by atoms with Crippen LogP contribution in [-0.2, 0) is 0 Å². The Bertz CT molecular complexity index is 438. The van der Waals surface area contributed by atoms with Crippen molar-refractivity contribution in [3.05, 3.63) is 29.8 Å². The van der Waals surface area contributed by atoms with E-state index in [0.29, 0.717) is 18.6 Å². The number of ether oxygens (including phenoxy) is 1. The minimum absolute atomic E-state index is 0.132. The predicted molar refractivity (Wildman–Crippen MR) is 79.5 cm³/mol. The Balaban J connectivity index is 2.16. The number of likely N-dealkylation sites (tertiary alicyclic amines) is 1. The van der Waals surface area contributed by atoms with E-state index in [1.165, 1.54) is 12.8 Å². The molecule has 0 bridgehead atoms. The molecule has 1 aromatic carbocycles. The molecule has 2 N–H and O–H groups in total. The zero-order valence-corrected chi connectivity index (χ0v) is 12.6. The van der Waals surface area contributed by atoms with Crippen molar-refractivity contribution in [3.8, 4) is 5.75 Å². The van der Waals surface area contributed by atoms with E-state index in [-0.39, 0.29) is 11.8 Å². The average Bonchev–Trinajstić information content (AvgIpc) is 2.82. The molecule has 0 aliphatic carbocycles. The van der Waals surface area contributed by atoms with Crippen LogP contribution in [-0.4, -0.2) is 30.1 Å². The standard InChI is InChI=1S/C16H24F2N2O/c1-3-13-7-4-11(2)20(13)15(10-19)12-5-8-14(9-6-12)21-16(17)18/h5-6,8-9,11,13,15-16H,3-4,7,10,19H2,1-2H3. The molecule has 1 aliphatic heterocycles. The van der Waals surface area contributed by atoms with Crippen LogP contribution in [0.15, 0.2) is 24.3 Å². The van der Waals surface area contributed by atoms with Gasteiger partial charge in [-0.2, -0.15) is 8.78 Å². The van der Waals surface area contributed by atoms with Crippen LogP contribution < -0.4 is 10.5 Å². The molecule has 3 unspecified atom stereocenters. The van der Waals surface area contributed by atoms with Gasteiger partial charge >= 0.3 is 6.61 Å². The van der Waals surface area contributed by atoms with Gasteiger partial charge in [0.15, 0.2) is 0 Å². The maximum Gasteiger partial charge on any atom is 0.387 e. The Labute approximate surface area is 125 Å². The fraction of sp³-hybridized carbons (Fsp3) is 0.625. The lowest BCUT2D eigenvalue weighted by atomic mass is 10.0. The third-order valence-corrected chi connectivity index (χ3v) is 4.39. The number of benzene rings is 1. The first-order chi connectivity index (χ1) is 10.1. The summed E-state index contributed by atoms with van der Waals surface area (Å²) in [6, 6.07) is 8.04. The topological polar surface area (TPSA) is 38.5 Å². The number of nitrogens with zero attached hydrogens (tertiary/aromatic N) is 1. The van der Waals surface area contributed by atoms with Crippen LogP contribution in [0.2, 0.25) is 0 Å². The van der Waals surface area contributed by atoms with Crippen molar-refractivity contribution in [3.63, 3.8) is 0 Å². The fourth-order valence-electron chi connectivity index (χ4n) is 3.37. The van der Waals surface area contributed by atoms with Gasteiger partial charge in [-0.1, -0.05) is 19.1 Å². The van der Waals surface area contributed by atoms with Crippen LogP contribution in [0.5, 0.6) is 5.75 Å². The van der Waals surface area contributed by atoms with Gasteiger partial charge in [0.2, 0.25) is 0 Å². The van der Waals surface area contributed by atoms with E-state index >= 15 is 0 Å². The average molecular weight is 298 g/mol. The summed E-state index contributed by atoms with van der Waals surface area (Å²) in [6.07, 6.45) is 3.48. The molecule has 21 heavy (non-hydrogen) atoms. The van der Waals surface area contributed by atoms with Gasteiger partial charge in [0, 0.05) is 24.7 Å². The molecule has 0 saturated carbocycles. The molecule has 5 heteroatoms. The minimum Gasteiger partial charge on any atom is -0.435 e. The van der Waals surface area contributed by atoms with Crippen molar-refractivity contribution in [1.82, 2.24) is 4.90 Å². The van der Waals surface area contributed by atoms with Crippen molar-refractivity contribution in [2.75, 3.05) is 6.54 Å². The highest BCUT2D eigenvalue weighted by atomic mass is 19.3. The quantitative estimate of drug-likeness (QED) is 0.873. The Hall–Kier alpha value is -1.20. The van der Waals surface area contributed by atoms with E-state index in [0.717, 1.165) is 12.0 Å². The van der Waals surface area contributed by atoms with Crippen molar-refractivity contribution in [2.45, 2.75) is 57.8 Å². The van der Waals surface area contributed by atoms with E-state index < -0.39 is 6.61 Å². The van der Waals surface area contributed by atoms with Crippen LogP contribution in [0.25, 0.3) is 0 Å². The molecule has 1 aliphatic rings. The molecule has 1 saturated heterocycles. The van der Waals surface area contributed by atoms with Gasteiger partial charge < -0.3 is 10.5 Å². The van der Waals surface area contributed by atoms with Crippen molar-refractivity contribution < 1.29 is 13.5 Å². The molecule has 0 radical (unpaired) electrons. The zero-order chi connectivity index (χ0) is 15.4. The fourth-order valence-corrected chi connectivity index (χ4v) is 3.37. The van der Waals surface area contributed by atoms with Crippen molar-refractivity contribution in [1.29, 1.82) is 0 Å². The zero-order valence-electron chi connectivity index (χ0n) is 12.6. The summed E-state index contributed by atoms with van der Waals surface area (Å²) in [6.45, 7) is 2.16. The van der Waals surface area contributed by atoms with Gasteiger partial charge in [0.25, 0.3) is 0 Å². The molecule has 1 fully saturated rings. The summed E-state index contributed by atoms with van der Waals surface area (Å²) in [4.78, 5) is 2.48. The van der Waals surface area contributed by atoms with E-state index in [1.54, 1.807) is 12.1 Å². The van der Waals surface area contributed by atoms with E-state index in [4.69, 9.17) is 5.73 Å². The molecule has 3 nitrogen and oxygen atoms in total. The van der Waals surface area contributed by atoms with Gasteiger partial charge in [0.1, 0.15) is 5.75 Å². The molecule has 3 atom stereocenters. The number of hydrogen-bond acceptors (Lipinski definition) is 3. The molecule has 0 amide bonds. The van der Waals surface area contributed by atoms with Gasteiger partial charge in [-0.25, -0.2) is 0 Å². The third kappa shape index (κ3) is 3.71. The van der Waals surface area contributed by atoms with Gasteiger partial charge in [-0.3, -0.25) is 4.90 Å². The first kappa shape index (κ1) is 16.2. The maximum atomic E-state index is 12.2. The molecule has 0 spiro atoms. The van der Waals surface area contributed by atoms with Crippen LogP contribution >= 0.6 is 0 Å². The number of rotatable bonds is 6. The third-order valence-electron chi connectivity index (χ3n) is 4.39. The second-order valence-corrected chi connectivity index (χ2v) is 5.63. The van der Waals surface area contributed by atoms with Crippen molar-refractivity contribution >= 4 is 0 Å². The number of nitrogens with two attached hydrogens (primary N) is 1. The first-order valence-electron chi connectivity index (χ1n) is 7.59. The predicted octanol–water partition coefficient (Wildman–Crippen LogP) is 3.55. The Kier molecular flexibility index (Phi) is 5.53. The Morgan fingerprint density at radius 3 is 2.48 bits per heavy atom. The monoisotopic (exact) mass is 298 g/mol. The number of hydrogen-bond donors (Lipinski definition) is 1. The van der Waals surface area contributed by atoms with Crippen LogP contribution in [0.1, 0.15) is 44.7 Å². The highest BCUT2D eigenvalue weighted by Gasteiger charge is 2.34. The molecule has 1 aromatic rings. The summed E-state index contributed by atoms with van der Waals surface area (Å²) < 4.78 is 28.8. The lowest BCUT2D eigenvalue weighted by Gasteiger charge is -2.35. The second kappa shape index (κ2) is 7.18. The molecule has 1 heterocycles. The summed E-state index contributed by atoms with van der Waals surface area (Å²) in [5.74, 6) is 0.186. The van der Waals surface area contributed by atoms with Crippen LogP contribution in [0, 0.1) is 0 Å². The smallest absolute Gasteiger partial charge is 0.387 e. The SMILES string of the molecule is CCC1CCC(C)N1C(CN)c1ccc(OC(F)F)cc1. The molecule has 118 valence electrons. The molecular formula is C16H24F2N2O. The first-order valence-corrected chi connectivity index (χ1v) is 7.59. The highest BCUT2D eigenvalue weighted by molar-refractivity contribution is 5.30. The lowest BCUT2D eigenvalue weighted by molar-refractivity contribution is -0.0498. The van der Waals surface area contributed by atoms with Crippen LogP contribution in [0.3, 0.4) is 0 Å². The maximum absolute atomic E-state index is 12.2. The summed E-state index contributed by atoms with van der Waals surface area (Å²) in [7, 11) is 0. The molecule has 0 aromatic heterocycles. The Morgan fingerprint density at radius 1 is 1.29 bits per heavy atom. The van der Waals surface area contributed by atoms with E-state index in [9.17, 15) is 8.78 Å². The number of alkyl halides is 2. The largest absolute Gasteiger partial charge is 0.435 e. The van der Waals surface area contributed by atoms with E-state index in [1.807, 2.05) is 12.1 Å².